The summed E-state index contributed by atoms with van der Waals surface area (Å²) in [6, 6.07) is 10.6. The SMILES string of the molecule is COc1cc(/C=C/C(=O)O[C@@H](C)C(=O)Nc2cccc(F)c2)cc(OC)c1. The van der Waals surface area contributed by atoms with E-state index in [0.717, 1.165) is 0 Å². The molecule has 7 heteroatoms. The van der Waals surface area contributed by atoms with Crippen molar-refractivity contribution in [3.63, 3.8) is 0 Å². The van der Waals surface area contributed by atoms with E-state index in [9.17, 15) is 14.0 Å². The number of halogens is 1. The van der Waals surface area contributed by atoms with Crippen LogP contribution in [-0.4, -0.2) is 32.2 Å². The van der Waals surface area contributed by atoms with Gasteiger partial charge in [0.15, 0.2) is 6.10 Å². The molecular weight excluding hydrogens is 353 g/mol. The molecule has 0 bridgehead atoms. The number of benzene rings is 2. The van der Waals surface area contributed by atoms with Crippen LogP contribution in [0.4, 0.5) is 10.1 Å². The van der Waals surface area contributed by atoms with Gasteiger partial charge in [0.2, 0.25) is 0 Å². The van der Waals surface area contributed by atoms with Crippen molar-refractivity contribution in [1.82, 2.24) is 0 Å². The largest absolute Gasteiger partial charge is 0.497 e. The van der Waals surface area contributed by atoms with E-state index in [1.807, 2.05) is 0 Å². The van der Waals surface area contributed by atoms with E-state index in [1.165, 1.54) is 57.6 Å². The van der Waals surface area contributed by atoms with Gasteiger partial charge in [0, 0.05) is 17.8 Å². The van der Waals surface area contributed by atoms with Gasteiger partial charge in [-0.25, -0.2) is 9.18 Å². The molecule has 0 fully saturated rings. The van der Waals surface area contributed by atoms with Gasteiger partial charge in [-0.15, -0.1) is 0 Å². The summed E-state index contributed by atoms with van der Waals surface area (Å²) in [7, 11) is 3.05. The summed E-state index contributed by atoms with van der Waals surface area (Å²) in [4.78, 5) is 24.0. The number of esters is 1. The van der Waals surface area contributed by atoms with Crippen molar-refractivity contribution in [2.24, 2.45) is 0 Å². The van der Waals surface area contributed by atoms with Crippen LogP contribution in [0.5, 0.6) is 11.5 Å². The Morgan fingerprint density at radius 3 is 2.33 bits per heavy atom. The highest BCUT2D eigenvalue weighted by molar-refractivity contribution is 5.96. The Kier molecular flexibility index (Phi) is 6.93. The molecule has 0 saturated carbocycles. The normalized spacial score (nSPS) is 11.7. The molecule has 0 aliphatic heterocycles. The first kappa shape index (κ1) is 20.0. The summed E-state index contributed by atoms with van der Waals surface area (Å²) in [6.45, 7) is 1.43. The Balaban J connectivity index is 1.96. The zero-order valence-corrected chi connectivity index (χ0v) is 15.2. The lowest BCUT2D eigenvalue weighted by atomic mass is 10.2. The first-order valence-corrected chi connectivity index (χ1v) is 8.09. The Morgan fingerprint density at radius 1 is 1.07 bits per heavy atom. The summed E-state index contributed by atoms with van der Waals surface area (Å²) >= 11 is 0. The van der Waals surface area contributed by atoms with Crippen molar-refractivity contribution in [2.75, 3.05) is 19.5 Å². The van der Waals surface area contributed by atoms with E-state index in [2.05, 4.69) is 5.32 Å². The number of hydrogen-bond donors (Lipinski definition) is 1. The summed E-state index contributed by atoms with van der Waals surface area (Å²) in [5.41, 5.74) is 0.946. The van der Waals surface area contributed by atoms with Crippen LogP contribution in [0.25, 0.3) is 6.08 Å². The second kappa shape index (κ2) is 9.38. The molecule has 1 amide bonds. The van der Waals surface area contributed by atoms with Crippen LogP contribution in [0.2, 0.25) is 0 Å². The van der Waals surface area contributed by atoms with Crippen LogP contribution in [0.1, 0.15) is 12.5 Å². The average molecular weight is 373 g/mol. The Hall–Kier alpha value is -3.35. The number of hydrogen-bond acceptors (Lipinski definition) is 5. The second-order valence-electron chi connectivity index (χ2n) is 5.56. The van der Waals surface area contributed by atoms with Crippen molar-refractivity contribution in [2.45, 2.75) is 13.0 Å². The van der Waals surface area contributed by atoms with Gasteiger partial charge in [0.1, 0.15) is 17.3 Å². The Labute approximate surface area is 156 Å². The zero-order chi connectivity index (χ0) is 19.8. The fraction of sp³-hybridized carbons (Fsp3) is 0.200. The number of amides is 1. The molecule has 0 spiro atoms. The molecular formula is C20H20FNO5. The molecule has 27 heavy (non-hydrogen) atoms. The van der Waals surface area contributed by atoms with Gasteiger partial charge in [-0.3, -0.25) is 4.79 Å². The third-order valence-electron chi connectivity index (χ3n) is 3.54. The fourth-order valence-corrected chi connectivity index (χ4v) is 2.17. The summed E-state index contributed by atoms with van der Waals surface area (Å²) in [5.74, 6) is -0.589. The van der Waals surface area contributed by atoms with Crippen molar-refractivity contribution in [3.8, 4) is 11.5 Å². The first-order chi connectivity index (χ1) is 12.9. The predicted molar refractivity (Wildman–Crippen MR) is 99.2 cm³/mol. The number of methoxy groups -OCH3 is 2. The van der Waals surface area contributed by atoms with Gasteiger partial charge in [0.25, 0.3) is 5.91 Å². The van der Waals surface area contributed by atoms with Crippen molar-refractivity contribution in [3.05, 3.63) is 59.9 Å². The maximum Gasteiger partial charge on any atom is 0.331 e. The van der Waals surface area contributed by atoms with Gasteiger partial charge >= 0.3 is 5.97 Å². The van der Waals surface area contributed by atoms with Gasteiger partial charge in [0.05, 0.1) is 14.2 Å². The minimum Gasteiger partial charge on any atom is -0.497 e. The van der Waals surface area contributed by atoms with Crippen LogP contribution in [-0.2, 0) is 14.3 Å². The lowest BCUT2D eigenvalue weighted by Crippen LogP contribution is -2.29. The molecule has 6 nitrogen and oxygen atoms in total. The van der Waals surface area contributed by atoms with Crippen molar-refractivity contribution < 1.29 is 28.2 Å². The second-order valence-corrected chi connectivity index (χ2v) is 5.56. The van der Waals surface area contributed by atoms with Crippen LogP contribution in [0.15, 0.2) is 48.5 Å². The molecule has 0 unspecified atom stereocenters. The van der Waals surface area contributed by atoms with Gasteiger partial charge in [-0.1, -0.05) is 6.07 Å². The average Bonchev–Trinajstić information content (AvgIpc) is 2.66. The van der Waals surface area contributed by atoms with Crippen LogP contribution >= 0.6 is 0 Å². The van der Waals surface area contributed by atoms with Crippen LogP contribution < -0.4 is 14.8 Å². The zero-order valence-electron chi connectivity index (χ0n) is 15.2. The molecule has 0 aliphatic carbocycles. The molecule has 142 valence electrons. The van der Waals surface area contributed by atoms with Crippen LogP contribution in [0.3, 0.4) is 0 Å². The van der Waals surface area contributed by atoms with Gasteiger partial charge in [-0.05, 0) is 48.9 Å². The predicted octanol–water partition coefficient (Wildman–Crippen LogP) is 3.43. The van der Waals surface area contributed by atoms with Crippen molar-refractivity contribution in [1.29, 1.82) is 0 Å². The van der Waals surface area contributed by atoms with E-state index in [-0.39, 0.29) is 5.69 Å². The summed E-state index contributed by atoms with van der Waals surface area (Å²) in [6.07, 6.45) is 1.66. The smallest absolute Gasteiger partial charge is 0.331 e. The molecule has 0 saturated heterocycles. The summed E-state index contributed by atoms with van der Waals surface area (Å²) in [5, 5.41) is 2.48. The van der Waals surface area contributed by atoms with E-state index < -0.39 is 23.8 Å². The summed E-state index contributed by atoms with van der Waals surface area (Å²) < 4.78 is 28.5. The number of rotatable bonds is 7. The van der Waals surface area contributed by atoms with E-state index >= 15 is 0 Å². The topological polar surface area (TPSA) is 73.9 Å². The first-order valence-electron chi connectivity index (χ1n) is 8.09. The standard InChI is InChI=1S/C20H20FNO5/c1-13(20(24)22-16-6-4-5-15(21)11-16)27-19(23)8-7-14-9-17(25-2)12-18(10-14)26-3/h4-13H,1-3H3,(H,22,24)/b8-7+/t13-/m0/s1. The molecule has 1 N–H and O–H groups in total. The maximum atomic E-state index is 13.1. The Morgan fingerprint density at radius 2 is 1.74 bits per heavy atom. The third-order valence-corrected chi connectivity index (χ3v) is 3.54. The molecule has 0 aliphatic rings. The molecule has 2 aromatic rings. The highest BCUT2D eigenvalue weighted by atomic mass is 19.1. The number of nitrogens with one attached hydrogen (secondary N) is 1. The Bertz CT molecular complexity index is 828. The minimum absolute atomic E-state index is 0.280. The molecule has 2 aromatic carbocycles. The number of carbonyl (C=O) groups is 2. The van der Waals surface area contributed by atoms with Gasteiger partial charge < -0.3 is 19.5 Å². The molecule has 2 rings (SSSR count). The lowest BCUT2D eigenvalue weighted by Gasteiger charge is -2.12. The molecule has 0 heterocycles. The molecule has 0 radical (unpaired) electrons. The van der Waals surface area contributed by atoms with Crippen LogP contribution in [0, 0.1) is 5.82 Å². The third kappa shape index (κ3) is 6.14. The lowest BCUT2D eigenvalue weighted by molar-refractivity contribution is -0.148. The molecule has 0 aromatic heterocycles. The van der Waals surface area contributed by atoms with Crippen molar-refractivity contribution >= 4 is 23.6 Å². The monoisotopic (exact) mass is 373 g/mol. The minimum atomic E-state index is -1.05. The number of ether oxygens (including phenoxy) is 3. The highest BCUT2D eigenvalue weighted by Gasteiger charge is 2.16. The molecule has 1 atom stereocenters. The van der Waals surface area contributed by atoms with Gasteiger partial charge in [-0.2, -0.15) is 0 Å². The maximum absolute atomic E-state index is 13.1. The van der Waals surface area contributed by atoms with E-state index in [0.29, 0.717) is 17.1 Å². The quantitative estimate of drug-likeness (QED) is 0.595. The van der Waals surface area contributed by atoms with E-state index in [4.69, 9.17) is 14.2 Å². The highest BCUT2D eigenvalue weighted by Crippen LogP contribution is 2.23. The fourth-order valence-electron chi connectivity index (χ4n) is 2.17. The number of anilines is 1. The van der Waals surface area contributed by atoms with E-state index in [1.54, 1.807) is 18.2 Å². The number of carbonyl (C=O) groups excluding carboxylic acids is 2.